The number of hydrogen-bond donors (Lipinski definition) is 0. The summed E-state index contributed by atoms with van der Waals surface area (Å²) in [5, 5.41) is 0.837. The molecule has 1 atom stereocenters. The van der Waals surface area contributed by atoms with Gasteiger partial charge in [-0.3, -0.25) is 9.59 Å². The number of rotatable bonds is 11. The molecule has 1 aliphatic rings. The summed E-state index contributed by atoms with van der Waals surface area (Å²) in [6.07, 6.45) is 3.29. The van der Waals surface area contributed by atoms with Gasteiger partial charge in [-0.15, -0.1) is 0 Å². The van der Waals surface area contributed by atoms with E-state index in [4.69, 9.17) is 20.8 Å². The van der Waals surface area contributed by atoms with E-state index in [1.54, 1.807) is 23.1 Å². The van der Waals surface area contributed by atoms with E-state index in [0.29, 0.717) is 41.3 Å². The molecule has 6 nitrogen and oxygen atoms in total. The van der Waals surface area contributed by atoms with Crippen LogP contribution >= 0.6 is 11.6 Å². The van der Waals surface area contributed by atoms with Crippen LogP contribution in [0.3, 0.4) is 0 Å². The molecule has 0 bridgehead atoms. The van der Waals surface area contributed by atoms with Gasteiger partial charge in [-0.1, -0.05) is 57.3 Å². The topological polar surface area (TPSA) is 63.0 Å². The molecule has 35 heavy (non-hydrogen) atoms. The second kappa shape index (κ2) is 11.3. The predicted molar refractivity (Wildman–Crippen MR) is 140 cm³/mol. The molecule has 1 aromatic heterocycles. The number of carbonyl (C=O) groups is 1. The molecule has 4 rings (SSSR count). The zero-order valence-corrected chi connectivity index (χ0v) is 21.4. The van der Waals surface area contributed by atoms with Crippen LogP contribution in [0, 0.1) is 0 Å². The lowest BCUT2D eigenvalue weighted by Crippen LogP contribution is -2.37. The van der Waals surface area contributed by atoms with Gasteiger partial charge in [-0.2, -0.15) is 0 Å². The zero-order chi connectivity index (χ0) is 24.9. The van der Waals surface area contributed by atoms with E-state index in [0.717, 1.165) is 43.7 Å². The summed E-state index contributed by atoms with van der Waals surface area (Å²) in [6.45, 7) is 10.0. The Morgan fingerprint density at radius 2 is 1.77 bits per heavy atom. The molecule has 0 saturated heterocycles. The lowest BCUT2D eigenvalue weighted by molar-refractivity contribution is 0.0708. The first-order valence-electron chi connectivity index (χ1n) is 12.5. The van der Waals surface area contributed by atoms with E-state index < -0.39 is 6.04 Å². The number of amides is 1. The van der Waals surface area contributed by atoms with E-state index >= 15 is 0 Å². The van der Waals surface area contributed by atoms with Crippen molar-refractivity contribution in [1.82, 2.24) is 9.80 Å². The minimum absolute atomic E-state index is 0.120. The van der Waals surface area contributed by atoms with Gasteiger partial charge in [0, 0.05) is 18.1 Å². The quantitative estimate of drug-likeness (QED) is 0.309. The highest BCUT2D eigenvalue weighted by Crippen LogP contribution is 2.38. The average molecular weight is 497 g/mol. The van der Waals surface area contributed by atoms with Crippen LogP contribution in [0.5, 0.6) is 5.75 Å². The molecular weight excluding hydrogens is 464 g/mol. The number of unbranched alkanes of at least 4 members (excludes halogenated alkanes) is 2. The molecule has 0 spiro atoms. The third-order valence-electron chi connectivity index (χ3n) is 6.69. The summed E-state index contributed by atoms with van der Waals surface area (Å²) in [4.78, 5) is 31.2. The summed E-state index contributed by atoms with van der Waals surface area (Å²) in [7, 11) is 0. The van der Waals surface area contributed by atoms with Crippen molar-refractivity contribution in [3.05, 3.63) is 74.6 Å². The minimum Gasteiger partial charge on any atom is -0.494 e. The van der Waals surface area contributed by atoms with Crippen molar-refractivity contribution < 1.29 is 13.9 Å². The largest absolute Gasteiger partial charge is 0.494 e. The number of carbonyl (C=O) groups excluding carboxylic acids is 1. The first-order valence-corrected chi connectivity index (χ1v) is 12.9. The number of nitrogens with zero attached hydrogens (tertiary/aromatic N) is 2. The third kappa shape index (κ3) is 5.24. The van der Waals surface area contributed by atoms with Crippen LogP contribution in [0.2, 0.25) is 5.02 Å². The first-order chi connectivity index (χ1) is 17.0. The van der Waals surface area contributed by atoms with Crippen molar-refractivity contribution >= 4 is 28.5 Å². The maximum atomic E-state index is 13.6. The van der Waals surface area contributed by atoms with Gasteiger partial charge >= 0.3 is 0 Å². The van der Waals surface area contributed by atoms with Crippen LogP contribution in [0.4, 0.5) is 0 Å². The summed E-state index contributed by atoms with van der Waals surface area (Å²) < 4.78 is 11.9. The smallest absolute Gasteiger partial charge is 0.290 e. The molecule has 186 valence electrons. The zero-order valence-electron chi connectivity index (χ0n) is 20.7. The molecule has 7 heteroatoms. The number of hydrogen-bond acceptors (Lipinski definition) is 5. The summed E-state index contributed by atoms with van der Waals surface area (Å²) in [5.74, 6) is 0.640. The fraction of sp³-hybridized carbons (Fsp3) is 0.429. The van der Waals surface area contributed by atoms with Gasteiger partial charge in [0.05, 0.1) is 23.6 Å². The van der Waals surface area contributed by atoms with Crippen LogP contribution in [0.25, 0.3) is 11.0 Å². The summed E-state index contributed by atoms with van der Waals surface area (Å²) in [5.41, 5.74) is 1.38. The lowest BCUT2D eigenvalue weighted by atomic mass is 9.98. The molecule has 3 aromatic rings. The van der Waals surface area contributed by atoms with Crippen LogP contribution in [0.1, 0.15) is 67.8 Å². The van der Waals surface area contributed by atoms with Gasteiger partial charge < -0.3 is 19.0 Å². The molecule has 0 saturated carbocycles. The van der Waals surface area contributed by atoms with E-state index in [1.807, 2.05) is 24.3 Å². The molecule has 0 aliphatic carbocycles. The Bertz CT molecular complexity index is 1230. The van der Waals surface area contributed by atoms with Crippen LogP contribution < -0.4 is 10.2 Å². The van der Waals surface area contributed by atoms with Crippen LogP contribution in [-0.4, -0.2) is 48.5 Å². The van der Waals surface area contributed by atoms with Crippen molar-refractivity contribution in [2.75, 3.05) is 32.8 Å². The molecule has 1 amide bonds. The van der Waals surface area contributed by atoms with E-state index in [1.165, 1.54) is 0 Å². The first kappa shape index (κ1) is 25.3. The monoisotopic (exact) mass is 496 g/mol. The maximum Gasteiger partial charge on any atom is 0.290 e. The van der Waals surface area contributed by atoms with E-state index in [-0.39, 0.29) is 17.1 Å². The van der Waals surface area contributed by atoms with Crippen LogP contribution in [-0.2, 0) is 0 Å². The molecule has 1 unspecified atom stereocenters. The molecule has 2 aromatic carbocycles. The van der Waals surface area contributed by atoms with Gasteiger partial charge in [0.15, 0.2) is 5.43 Å². The van der Waals surface area contributed by atoms with Crippen molar-refractivity contribution in [1.29, 1.82) is 0 Å². The highest BCUT2D eigenvalue weighted by Gasteiger charge is 2.42. The number of fused-ring (bicyclic) bond motifs is 2. The molecule has 0 fully saturated rings. The molecule has 2 heterocycles. The van der Waals surface area contributed by atoms with Crippen molar-refractivity contribution in [3.63, 3.8) is 0 Å². The molecule has 0 radical (unpaired) electrons. The second-order valence-corrected chi connectivity index (χ2v) is 9.30. The Morgan fingerprint density at radius 3 is 2.46 bits per heavy atom. The third-order valence-corrected chi connectivity index (χ3v) is 6.93. The highest BCUT2D eigenvalue weighted by molar-refractivity contribution is 6.31. The number of benzene rings is 2. The highest BCUT2D eigenvalue weighted by atomic mass is 35.5. The Labute approximate surface area is 211 Å². The van der Waals surface area contributed by atoms with Gasteiger partial charge in [-0.25, -0.2) is 0 Å². The molecule has 0 N–H and O–H groups in total. The average Bonchev–Trinajstić information content (AvgIpc) is 3.15. The number of halogens is 1. The Hall–Kier alpha value is -2.83. The van der Waals surface area contributed by atoms with Crippen molar-refractivity contribution in [2.24, 2.45) is 0 Å². The SMILES string of the molecule is CCCCCOc1ccc(C2c3c(oc4ccc(Cl)cc4c3=O)C(=O)N2CCN(CC)CC)cc1. The fourth-order valence-electron chi connectivity index (χ4n) is 4.65. The van der Waals surface area contributed by atoms with Gasteiger partial charge in [0.25, 0.3) is 5.91 Å². The standard InChI is InChI=1S/C28H33ClN2O4/c1-4-7-8-17-34-21-12-9-19(10-13-21)25-24-26(32)22-18-20(29)11-14-23(22)35-27(24)28(33)31(25)16-15-30(5-2)6-3/h9-14,18,25H,4-8,15-17H2,1-3H3. The Balaban J connectivity index is 1.73. The Kier molecular flexibility index (Phi) is 8.14. The van der Waals surface area contributed by atoms with Gasteiger partial charge in [-0.05, 0) is 55.4 Å². The summed E-state index contributed by atoms with van der Waals surface area (Å²) in [6, 6.07) is 12.1. The predicted octanol–water partition coefficient (Wildman–Crippen LogP) is 5.90. The van der Waals surface area contributed by atoms with E-state index in [9.17, 15) is 9.59 Å². The molecule has 1 aliphatic heterocycles. The normalized spacial score (nSPS) is 15.3. The van der Waals surface area contributed by atoms with Crippen molar-refractivity contribution in [2.45, 2.75) is 46.1 Å². The lowest BCUT2D eigenvalue weighted by Gasteiger charge is -2.28. The second-order valence-electron chi connectivity index (χ2n) is 8.87. The number of ether oxygens (including phenoxy) is 1. The minimum atomic E-state index is -0.526. The molecular formula is C28H33ClN2O4. The van der Waals surface area contributed by atoms with Gasteiger partial charge in [0.2, 0.25) is 5.76 Å². The van der Waals surface area contributed by atoms with Crippen LogP contribution in [0.15, 0.2) is 51.7 Å². The van der Waals surface area contributed by atoms with Gasteiger partial charge in [0.1, 0.15) is 11.3 Å². The maximum absolute atomic E-state index is 13.6. The van der Waals surface area contributed by atoms with E-state index in [2.05, 4.69) is 25.7 Å². The number of likely N-dealkylation sites (N-methyl/N-ethyl adjacent to an activating group) is 1. The van der Waals surface area contributed by atoms with Crippen molar-refractivity contribution in [3.8, 4) is 5.75 Å². The Morgan fingerprint density at radius 1 is 1.03 bits per heavy atom. The summed E-state index contributed by atoms with van der Waals surface area (Å²) >= 11 is 6.17. The fourth-order valence-corrected chi connectivity index (χ4v) is 4.82.